The minimum atomic E-state index is -0.440. The summed E-state index contributed by atoms with van der Waals surface area (Å²) in [5.74, 6) is 0. The van der Waals surface area contributed by atoms with E-state index in [1.54, 1.807) is 0 Å². The van der Waals surface area contributed by atoms with Crippen LogP contribution in [0.1, 0.15) is 66.2 Å². The zero-order valence-corrected chi connectivity index (χ0v) is 15.5. The quantitative estimate of drug-likeness (QED) is 0.788. The predicted octanol–water partition coefficient (Wildman–Crippen LogP) is 2.89. The van der Waals surface area contributed by atoms with Crippen LogP contribution in [0, 0.1) is 0 Å². The molecule has 134 valence electrons. The van der Waals surface area contributed by atoms with Crippen molar-refractivity contribution in [1.29, 1.82) is 0 Å². The molecule has 2 aliphatic heterocycles. The van der Waals surface area contributed by atoms with Crippen molar-refractivity contribution < 1.29 is 9.53 Å². The van der Waals surface area contributed by atoms with Crippen LogP contribution < -0.4 is 10.6 Å². The average molecular weight is 325 g/mol. The Morgan fingerprint density at radius 2 is 1.87 bits per heavy atom. The molecule has 5 nitrogen and oxygen atoms in total. The van der Waals surface area contributed by atoms with Crippen molar-refractivity contribution in [2.75, 3.05) is 13.6 Å². The van der Waals surface area contributed by atoms with Crippen molar-refractivity contribution >= 4 is 6.09 Å². The first-order valence-corrected chi connectivity index (χ1v) is 9.23. The second-order valence-electron chi connectivity index (χ2n) is 8.25. The molecule has 0 saturated carbocycles. The van der Waals surface area contributed by atoms with Crippen LogP contribution in [0.15, 0.2) is 0 Å². The van der Waals surface area contributed by atoms with Crippen LogP contribution in [-0.4, -0.2) is 54.4 Å². The summed E-state index contributed by atoms with van der Waals surface area (Å²) in [7, 11) is 2.27. The molecular weight excluding hydrogens is 290 g/mol. The van der Waals surface area contributed by atoms with Gasteiger partial charge in [0.15, 0.2) is 0 Å². The summed E-state index contributed by atoms with van der Waals surface area (Å²) in [4.78, 5) is 14.4. The minimum absolute atomic E-state index is 0.316. The number of hydrogen-bond acceptors (Lipinski definition) is 4. The van der Waals surface area contributed by atoms with Gasteiger partial charge in [-0.1, -0.05) is 13.3 Å². The van der Waals surface area contributed by atoms with Gasteiger partial charge < -0.3 is 20.3 Å². The molecule has 2 fully saturated rings. The maximum atomic E-state index is 11.8. The van der Waals surface area contributed by atoms with Crippen molar-refractivity contribution in [1.82, 2.24) is 15.5 Å². The van der Waals surface area contributed by atoms with Crippen molar-refractivity contribution in [2.45, 2.75) is 96.0 Å². The number of hydrogen-bond donors (Lipinski definition) is 2. The van der Waals surface area contributed by atoms with Gasteiger partial charge in [-0.2, -0.15) is 0 Å². The molecule has 0 spiro atoms. The smallest absolute Gasteiger partial charge is 0.407 e. The third-order valence-corrected chi connectivity index (χ3v) is 5.10. The van der Waals surface area contributed by atoms with E-state index < -0.39 is 5.60 Å². The lowest BCUT2D eigenvalue weighted by atomic mass is 9.96. The number of rotatable bonds is 6. The molecule has 2 rings (SSSR count). The molecular formula is C18H35N3O2. The Kier molecular flexibility index (Phi) is 6.32. The normalized spacial score (nSPS) is 29.3. The molecule has 23 heavy (non-hydrogen) atoms. The van der Waals surface area contributed by atoms with Crippen molar-refractivity contribution in [3.8, 4) is 0 Å². The van der Waals surface area contributed by atoms with Crippen LogP contribution in [0.3, 0.4) is 0 Å². The summed E-state index contributed by atoms with van der Waals surface area (Å²) in [6, 6.07) is 2.40. The molecule has 1 amide bonds. The number of amides is 1. The first-order chi connectivity index (χ1) is 10.8. The molecule has 2 heterocycles. The maximum Gasteiger partial charge on any atom is 0.407 e. The van der Waals surface area contributed by atoms with Crippen LogP contribution >= 0.6 is 0 Å². The summed E-state index contributed by atoms with van der Waals surface area (Å²) < 4.78 is 5.33. The highest BCUT2D eigenvalue weighted by molar-refractivity contribution is 5.67. The summed E-state index contributed by atoms with van der Waals surface area (Å²) >= 11 is 0. The molecule has 5 heteroatoms. The van der Waals surface area contributed by atoms with Gasteiger partial charge in [0.2, 0.25) is 0 Å². The van der Waals surface area contributed by atoms with Crippen molar-refractivity contribution in [3.05, 3.63) is 0 Å². The van der Waals surface area contributed by atoms with E-state index in [0.717, 1.165) is 24.9 Å². The fraction of sp³-hybridized carbons (Fsp3) is 0.944. The van der Waals surface area contributed by atoms with Crippen LogP contribution in [0.25, 0.3) is 0 Å². The Bertz CT molecular complexity index is 380. The molecule has 3 atom stereocenters. The summed E-state index contributed by atoms with van der Waals surface area (Å²) in [5, 5.41) is 6.73. The number of carbonyl (C=O) groups is 1. The maximum absolute atomic E-state index is 11.8. The summed E-state index contributed by atoms with van der Waals surface area (Å²) in [6.45, 7) is 8.51. The highest BCUT2D eigenvalue weighted by Gasteiger charge is 2.38. The average Bonchev–Trinajstić information content (AvgIpc) is 2.66. The van der Waals surface area contributed by atoms with Crippen LogP contribution in [-0.2, 0) is 4.74 Å². The molecule has 3 unspecified atom stereocenters. The number of piperidine rings is 1. The van der Waals surface area contributed by atoms with Crippen molar-refractivity contribution in [2.24, 2.45) is 0 Å². The topological polar surface area (TPSA) is 53.6 Å². The molecule has 2 saturated heterocycles. The Labute approximate surface area is 141 Å². The van der Waals surface area contributed by atoms with Gasteiger partial charge in [0.05, 0.1) is 0 Å². The highest BCUT2D eigenvalue weighted by atomic mass is 16.6. The molecule has 2 N–H and O–H groups in total. The third kappa shape index (κ3) is 5.64. The molecule has 0 radical (unpaired) electrons. The highest BCUT2D eigenvalue weighted by Crippen LogP contribution is 2.34. The SMILES string of the molecule is CCCC(CNC(=O)OC(C)(C)C)NC1CC2CCC(C1)N2C. The lowest BCUT2D eigenvalue weighted by molar-refractivity contribution is 0.0518. The van der Waals surface area contributed by atoms with Gasteiger partial charge in [-0.3, -0.25) is 0 Å². The van der Waals surface area contributed by atoms with Gasteiger partial charge in [-0.25, -0.2) is 4.79 Å². The molecule has 0 aromatic heterocycles. The Hall–Kier alpha value is -0.810. The standard InChI is InChI=1S/C18H35N3O2/c1-6-7-13(12-19-17(22)23-18(2,3)4)20-14-10-15-8-9-16(11-14)21(15)5/h13-16,20H,6-12H2,1-5H3,(H,19,22). The second-order valence-corrected chi connectivity index (χ2v) is 8.25. The van der Waals surface area contributed by atoms with Gasteiger partial charge in [-0.15, -0.1) is 0 Å². The Morgan fingerprint density at radius 3 is 2.39 bits per heavy atom. The molecule has 2 bridgehead atoms. The zero-order valence-electron chi connectivity index (χ0n) is 15.5. The van der Waals surface area contributed by atoms with E-state index >= 15 is 0 Å². The number of carbonyl (C=O) groups excluding carboxylic acids is 1. The summed E-state index contributed by atoms with van der Waals surface area (Å²) in [6.07, 6.45) is 7.04. The van der Waals surface area contributed by atoms with Gasteiger partial charge in [-0.05, 0) is 59.9 Å². The van der Waals surface area contributed by atoms with E-state index in [0.29, 0.717) is 18.6 Å². The summed E-state index contributed by atoms with van der Waals surface area (Å²) in [5.41, 5.74) is -0.440. The molecule has 0 aliphatic carbocycles. The Morgan fingerprint density at radius 1 is 1.26 bits per heavy atom. The van der Waals surface area contributed by atoms with E-state index in [4.69, 9.17) is 4.74 Å². The molecule has 0 aromatic rings. The number of alkyl carbamates (subject to hydrolysis) is 1. The van der Waals surface area contributed by atoms with E-state index in [9.17, 15) is 4.79 Å². The van der Waals surface area contributed by atoms with Crippen molar-refractivity contribution in [3.63, 3.8) is 0 Å². The van der Waals surface area contributed by atoms with Crippen LogP contribution in [0.4, 0.5) is 4.79 Å². The van der Waals surface area contributed by atoms with Gasteiger partial charge in [0.25, 0.3) is 0 Å². The fourth-order valence-corrected chi connectivity index (χ4v) is 3.99. The second kappa shape index (κ2) is 7.84. The number of fused-ring (bicyclic) bond motifs is 2. The first-order valence-electron chi connectivity index (χ1n) is 9.23. The first kappa shape index (κ1) is 18.5. The van der Waals surface area contributed by atoms with Gasteiger partial charge >= 0.3 is 6.09 Å². The Balaban J connectivity index is 1.79. The number of nitrogens with zero attached hydrogens (tertiary/aromatic N) is 1. The van der Waals surface area contributed by atoms with Crippen LogP contribution in [0.5, 0.6) is 0 Å². The number of nitrogens with one attached hydrogen (secondary N) is 2. The lowest BCUT2D eigenvalue weighted by Crippen LogP contribution is -2.52. The van der Waals surface area contributed by atoms with E-state index in [1.165, 1.54) is 25.7 Å². The largest absolute Gasteiger partial charge is 0.444 e. The van der Waals surface area contributed by atoms with Gasteiger partial charge in [0.1, 0.15) is 5.60 Å². The molecule has 0 aromatic carbocycles. The van der Waals surface area contributed by atoms with E-state index in [1.807, 2.05) is 20.8 Å². The predicted molar refractivity (Wildman–Crippen MR) is 93.7 cm³/mol. The monoisotopic (exact) mass is 325 g/mol. The van der Waals surface area contributed by atoms with E-state index in [2.05, 4.69) is 29.5 Å². The zero-order chi connectivity index (χ0) is 17.0. The van der Waals surface area contributed by atoms with E-state index in [-0.39, 0.29) is 6.09 Å². The third-order valence-electron chi connectivity index (χ3n) is 5.10. The van der Waals surface area contributed by atoms with Crippen LogP contribution in [0.2, 0.25) is 0 Å². The lowest BCUT2D eigenvalue weighted by Gasteiger charge is -2.38. The van der Waals surface area contributed by atoms with Gasteiger partial charge in [0, 0.05) is 30.7 Å². The number of ether oxygens (including phenoxy) is 1. The fourth-order valence-electron chi connectivity index (χ4n) is 3.99. The minimum Gasteiger partial charge on any atom is -0.444 e. The molecule has 2 aliphatic rings.